The Morgan fingerprint density at radius 1 is 1.29 bits per heavy atom. The SMILES string of the molecule is Nc1cnc(Cl)cc1C(=O)Nc1cnccn1. The number of anilines is 2. The lowest BCUT2D eigenvalue weighted by atomic mass is 10.2. The molecule has 2 aromatic rings. The van der Waals surface area contributed by atoms with E-state index >= 15 is 0 Å². The van der Waals surface area contributed by atoms with Crippen LogP contribution in [-0.2, 0) is 0 Å². The molecule has 0 bridgehead atoms. The highest BCUT2D eigenvalue weighted by Crippen LogP contribution is 2.16. The summed E-state index contributed by atoms with van der Waals surface area (Å²) in [5, 5.41) is 2.74. The van der Waals surface area contributed by atoms with E-state index in [0.717, 1.165) is 0 Å². The van der Waals surface area contributed by atoms with Gasteiger partial charge in [0.2, 0.25) is 0 Å². The fraction of sp³-hybridized carbons (Fsp3) is 0. The number of amides is 1. The van der Waals surface area contributed by atoms with Crippen molar-refractivity contribution in [3.8, 4) is 0 Å². The predicted octanol–water partition coefficient (Wildman–Crippen LogP) is 1.36. The molecular formula is C10H8ClN5O. The number of nitrogen functional groups attached to an aromatic ring is 1. The van der Waals surface area contributed by atoms with E-state index in [2.05, 4.69) is 20.3 Å². The van der Waals surface area contributed by atoms with Gasteiger partial charge in [-0.25, -0.2) is 9.97 Å². The third kappa shape index (κ3) is 2.67. The minimum absolute atomic E-state index is 0.198. The summed E-state index contributed by atoms with van der Waals surface area (Å²) in [7, 11) is 0. The van der Waals surface area contributed by atoms with Gasteiger partial charge < -0.3 is 11.1 Å². The summed E-state index contributed by atoms with van der Waals surface area (Å²) < 4.78 is 0. The van der Waals surface area contributed by atoms with Gasteiger partial charge in [0.05, 0.1) is 23.6 Å². The predicted molar refractivity (Wildman–Crippen MR) is 63.6 cm³/mol. The number of nitrogens with two attached hydrogens (primary N) is 1. The smallest absolute Gasteiger partial charge is 0.259 e. The Labute approximate surface area is 102 Å². The van der Waals surface area contributed by atoms with Crippen molar-refractivity contribution in [2.24, 2.45) is 0 Å². The summed E-state index contributed by atoms with van der Waals surface area (Å²) in [6.45, 7) is 0. The van der Waals surface area contributed by atoms with E-state index in [1.54, 1.807) is 0 Å². The highest BCUT2D eigenvalue weighted by molar-refractivity contribution is 6.30. The summed E-state index contributed by atoms with van der Waals surface area (Å²) >= 11 is 5.69. The van der Waals surface area contributed by atoms with Gasteiger partial charge in [-0.05, 0) is 6.07 Å². The molecule has 0 fully saturated rings. The van der Waals surface area contributed by atoms with E-state index < -0.39 is 5.91 Å². The number of halogens is 1. The van der Waals surface area contributed by atoms with Crippen LogP contribution in [0.1, 0.15) is 10.4 Å². The van der Waals surface area contributed by atoms with Crippen LogP contribution in [0.15, 0.2) is 30.9 Å². The molecule has 7 heteroatoms. The molecule has 0 radical (unpaired) electrons. The van der Waals surface area contributed by atoms with E-state index in [-0.39, 0.29) is 16.4 Å². The van der Waals surface area contributed by atoms with Gasteiger partial charge >= 0.3 is 0 Å². The molecule has 0 aliphatic heterocycles. The molecule has 2 aromatic heterocycles. The Bertz CT molecular complexity index is 546. The van der Waals surface area contributed by atoms with Crippen molar-refractivity contribution in [1.82, 2.24) is 15.0 Å². The van der Waals surface area contributed by atoms with Crippen LogP contribution in [0.5, 0.6) is 0 Å². The molecule has 0 aliphatic carbocycles. The highest BCUT2D eigenvalue weighted by Gasteiger charge is 2.11. The Morgan fingerprint density at radius 3 is 2.82 bits per heavy atom. The molecule has 0 unspecified atom stereocenters. The van der Waals surface area contributed by atoms with Crippen LogP contribution in [0.4, 0.5) is 11.5 Å². The number of rotatable bonds is 2. The average Bonchev–Trinajstić information content (AvgIpc) is 2.33. The van der Waals surface area contributed by atoms with Crippen LogP contribution < -0.4 is 11.1 Å². The van der Waals surface area contributed by atoms with Gasteiger partial charge in [-0.1, -0.05) is 11.6 Å². The molecule has 0 aromatic carbocycles. The number of hydrogen-bond donors (Lipinski definition) is 2. The van der Waals surface area contributed by atoms with Crippen molar-refractivity contribution < 1.29 is 4.79 Å². The Balaban J connectivity index is 2.23. The molecule has 2 heterocycles. The molecule has 0 spiro atoms. The second kappa shape index (κ2) is 4.75. The van der Waals surface area contributed by atoms with Crippen molar-refractivity contribution in [1.29, 1.82) is 0 Å². The van der Waals surface area contributed by atoms with Crippen LogP contribution in [-0.4, -0.2) is 20.9 Å². The molecule has 3 N–H and O–H groups in total. The van der Waals surface area contributed by atoms with Crippen molar-refractivity contribution in [3.05, 3.63) is 41.6 Å². The molecule has 0 saturated carbocycles. The molecule has 6 nitrogen and oxygen atoms in total. The molecule has 17 heavy (non-hydrogen) atoms. The Kier molecular flexibility index (Phi) is 3.15. The van der Waals surface area contributed by atoms with Gasteiger partial charge in [0.25, 0.3) is 5.91 Å². The van der Waals surface area contributed by atoms with Gasteiger partial charge in [0.15, 0.2) is 5.82 Å². The van der Waals surface area contributed by atoms with Gasteiger partial charge in [-0.2, -0.15) is 0 Å². The maximum absolute atomic E-state index is 11.8. The standard InChI is InChI=1S/C10H8ClN5O/c11-8-3-6(7(12)4-15-8)10(17)16-9-5-13-1-2-14-9/h1-5H,12H2,(H,14,16,17). The third-order valence-corrected chi connectivity index (χ3v) is 2.16. The first kappa shape index (κ1) is 11.3. The molecule has 0 saturated heterocycles. The van der Waals surface area contributed by atoms with Gasteiger partial charge in [0.1, 0.15) is 5.15 Å². The summed E-state index contributed by atoms with van der Waals surface area (Å²) in [5.41, 5.74) is 6.12. The molecule has 2 rings (SSSR count). The largest absolute Gasteiger partial charge is 0.397 e. The first-order valence-electron chi connectivity index (χ1n) is 4.65. The first-order chi connectivity index (χ1) is 8.16. The number of hydrogen-bond acceptors (Lipinski definition) is 5. The van der Waals surface area contributed by atoms with Crippen molar-refractivity contribution >= 4 is 29.0 Å². The van der Waals surface area contributed by atoms with Crippen molar-refractivity contribution in [2.45, 2.75) is 0 Å². The lowest BCUT2D eigenvalue weighted by molar-refractivity contribution is 0.102. The summed E-state index contributed by atoms with van der Waals surface area (Å²) in [6.07, 6.45) is 5.73. The van der Waals surface area contributed by atoms with E-state index in [0.29, 0.717) is 5.82 Å². The zero-order chi connectivity index (χ0) is 12.3. The molecule has 1 amide bonds. The van der Waals surface area contributed by atoms with Crippen molar-refractivity contribution in [3.63, 3.8) is 0 Å². The van der Waals surface area contributed by atoms with Gasteiger partial charge in [0, 0.05) is 12.4 Å². The van der Waals surface area contributed by atoms with E-state index in [9.17, 15) is 4.79 Å². The van der Waals surface area contributed by atoms with Crippen LogP contribution >= 0.6 is 11.6 Å². The second-order valence-corrected chi connectivity index (χ2v) is 3.53. The Hall–Kier alpha value is -2.21. The van der Waals surface area contributed by atoms with E-state index in [4.69, 9.17) is 17.3 Å². The minimum atomic E-state index is -0.410. The zero-order valence-corrected chi connectivity index (χ0v) is 9.35. The number of carbonyl (C=O) groups is 1. The number of aromatic nitrogens is 3. The number of nitrogens with one attached hydrogen (secondary N) is 1. The normalized spacial score (nSPS) is 9.94. The maximum atomic E-state index is 11.8. The summed E-state index contributed by atoms with van der Waals surface area (Å²) in [5.74, 6) is -0.0721. The molecular weight excluding hydrogens is 242 g/mol. The Morgan fingerprint density at radius 2 is 2.12 bits per heavy atom. The lowest BCUT2D eigenvalue weighted by Crippen LogP contribution is -2.15. The van der Waals surface area contributed by atoms with E-state index in [1.165, 1.54) is 30.9 Å². The zero-order valence-electron chi connectivity index (χ0n) is 8.59. The highest BCUT2D eigenvalue weighted by atomic mass is 35.5. The van der Waals surface area contributed by atoms with E-state index in [1.807, 2.05) is 0 Å². The topological polar surface area (TPSA) is 93.8 Å². The summed E-state index contributed by atoms with van der Waals surface area (Å²) in [4.78, 5) is 23.3. The van der Waals surface area contributed by atoms with Gasteiger partial charge in [-0.3, -0.25) is 9.78 Å². The maximum Gasteiger partial charge on any atom is 0.259 e. The minimum Gasteiger partial charge on any atom is -0.397 e. The number of pyridine rings is 1. The average molecular weight is 250 g/mol. The summed E-state index contributed by atoms with van der Waals surface area (Å²) in [6, 6.07) is 1.39. The molecule has 0 aliphatic rings. The quantitative estimate of drug-likeness (QED) is 0.784. The van der Waals surface area contributed by atoms with Gasteiger partial charge in [-0.15, -0.1) is 0 Å². The number of nitrogens with zero attached hydrogens (tertiary/aromatic N) is 3. The first-order valence-corrected chi connectivity index (χ1v) is 5.03. The van der Waals surface area contributed by atoms with Crippen molar-refractivity contribution in [2.75, 3.05) is 11.1 Å². The molecule has 0 atom stereocenters. The fourth-order valence-corrected chi connectivity index (χ4v) is 1.34. The van der Waals surface area contributed by atoms with Crippen LogP contribution in [0.2, 0.25) is 5.15 Å². The monoisotopic (exact) mass is 249 g/mol. The van der Waals surface area contributed by atoms with Crippen LogP contribution in [0, 0.1) is 0 Å². The van der Waals surface area contributed by atoms with Crippen LogP contribution in [0.25, 0.3) is 0 Å². The lowest BCUT2D eigenvalue weighted by Gasteiger charge is -2.06. The number of carbonyl (C=O) groups excluding carboxylic acids is 1. The molecule has 86 valence electrons. The fourth-order valence-electron chi connectivity index (χ4n) is 1.18. The second-order valence-electron chi connectivity index (χ2n) is 3.14. The van der Waals surface area contributed by atoms with Crippen LogP contribution in [0.3, 0.4) is 0 Å². The third-order valence-electron chi connectivity index (χ3n) is 1.95.